The van der Waals surface area contributed by atoms with Crippen LogP contribution in [0.4, 0.5) is 0 Å². The molecule has 1 aliphatic rings. The van der Waals surface area contributed by atoms with Crippen LogP contribution >= 0.6 is 22.9 Å². The van der Waals surface area contributed by atoms with E-state index in [4.69, 9.17) is 11.6 Å². The molecule has 0 radical (unpaired) electrons. The highest BCUT2D eigenvalue weighted by atomic mass is 35.5. The third-order valence-electron chi connectivity index (χ3n) is 4.51. The van der Waals surface area contributed by atoms with Crippen molar-refractivity contribution in [3.8, 4) is 0 Å². The van der Waals surface area contributed by atoms with E-state index in [1.165, 1.54) is 23.3 Å². The fourth-order valence-electron chi connectivity index (χ4n) is 2.92. The van der Waals surface area contributed by atoms with Gasteiger partial charge < -0.3 is 5.32 Å². The van der Waals surface area contributed by atoms with E-state index in [2.05, 4.69) is 48.6 Å². The zero-order chi connectivity index (χ0) is 14.7. The molecule has 1 nitrogen and oxygen atoms in total. The second-order valence-electron chi connectivity index (χ2n) is 6.04. The fourth-order valence-corrected chi connectivity index (χ4v) is 4.15. The summed E-state index contributed by atoms with van der Waals surface area (Å²) in [7, 11) is 0. The van der Waals surface area contributed by atoms with Gasteiger partial charge in [0.25, 0.3) is 0 Å². The lowest BCUT2D eigenvalue weighted by molar-refractivity contribution is 0.379. The first-order valence-electron chi connectivity index (χ1n) is 7.75. The van der Waals surface area contributed by atoms with Crippen LogP contribution in [0.5, 0.6) is 0 Å². The molecule has 1 aliphatic carbocycles. The van der Waals surface area contributed by atoms with E-state index in [1.807, 2.05) is 6.07 Å². The Morgan fingerprint density at radius 3 is 2.52 bits per heavy atom. The molecule has 21 heavy (non-hydrogen) atoms. The Labute approximate surface area is 136 Å². The molecule has 2 aromatic rings. The summed E-state index contributed by atoms with van der Waals surface area (Å²) in [5.74, 6) is 0. The Morgan fingerprint density at radius 2 is 1.95 bits per heavy atom. The maximum Gasteiger partial charge on any atom is 0.0931 e. The highest BCUT2D eigenvalue weighted by Crippen LogP contribution is 2.35. The number of nitrogens with one attached hydrogen (secondary N) is 1. The van der Waals surface area contributed by atoms with Crippen LogP contribution in [0.1, 0.15) is 36.6 Å². The smallest absolute Gasteiger partial charge is 0.0931 e. The molecular weight excluding hydrogens is 298 g/mol. The standard InChI is InChI=1S/C18H22ClNS/c1-2-18(13-20-15-8-9-15,14-6-4-3-5-7-14)12-16-10-11-17(19)21-16/h3-7,10-11,15,20H,2,8-9,12-13H2,1H3. The van der Waals surface area contributed by atoms with Crippen molar-refractivity contribution in [3.63, 3.8) is 0 Å². The van der Waals surface area contributed by atoms with Gasteiger partial charge in [0, 0.05) is 22.9 Å². The van der Waals surface area contributed by atoms with E-state index in [0.717, 1.165) is 29.8 Å². The zero-order valence-electron chi connectivity index (χ0n) is 12.4. The Morgan fingerprint density at radius 1 is 1.19 bits per heavy atom. The van der Waals surface area contributed by atoms with Crippen LogP contribution in [0.15, 0.2) is 42.5 Å². The summed E-state index contributed by atoms with van der Waals surface area (Å²) in [6, 6.07) is 15.9. The van der Waals surface area contributed by atoms with Gasteiger partial charge in [-0.25, -0.2) is 0 Å². The van der Waals surface area contributed by atoms with Crippen LogP contribution < -0.4 is 5.32 Å². The van der Waals surface area contributed by atoms with Gasteiger partial charge in [0.2, 0.25) is 0 Å². The van der Waals surface area contributed by atoms with Gasteiger partial charge in [0.1, 0.15) is 0 Å². The van der Waals surface area contributed by atoms with Gasteiger partial charge in [-0.2, -0.15) is 0 Å². The second kappa shape index (κ2) is 6.51. The van der Waals surface area contributed by atoms with Crippen LogP contribution in [-0.4, -0.2) is 12.6 Å². The quantitative estimate of drug-likeness (QED) is 0.753. The van der Waals surface area contributed by atoms with E-state index in [-0.39, 0.29) is 5.41 Å². The van der Waals surface area contributed by atoms with Gasteiger partial charge in [0.15, 0.2) is 0 Å². The van der Waals surface area contributed by atoms with E-state index >= 15 is 0 Å². The van der Waals surface area contributed by atoms with Crippen LogP contribution in [0.25, 0.3) is 0 Å². The minimum Gasteiger partial charge on any atom is -0.313 e. The number of halogens is 1. The molecule has 1 aromatic carbocycles. The van der Waals surface area contributed by atoms with Crippen molar-refractivity contribution in [1.29, 1.82) is 0 Å². The number of rotatable bonds is 7. The van der Waals surface area contributed by atoms with Gasteiger partial charge in [-0.3, -0.25) is 0 Å². The number of benzene rings is 1. The number of hydrogen-bond donors (Lipinski definition) is 1. The molecule has 1 aromatic heterocycles. The molecule has 1 saturated carbocycles. The Bertz CT molecular complexity index is 576. The molecule has 0 bridgehead atoms. The van der Waals surface area contributed by atoms with Gasteiger partial charge in [-0.05, 0) is 43.4 Å². The molecule has 1 heterocycles. The lowest BCUT2D eigenvalue weighted by atomic mass is 9.75. The molecular formula is C18H22ClNS. The van der Waals surface area contributed by atoms with Gasteiger partial charge in [-0.15, -0.1) is 11.3 Å². The van der Waals surface area contributed by atoms with E-state index in [9.17, 15) is 0 Å². The molecule has 1 atom stereocenters. The minimum absolute atomic E-state index is 0.165. The summed E-state index contributed by atoms with van der Waals surface area (Å²) >= 11 is 7.83. The topological polar surface area (TPSA) is 12.0 Å². The van der Waals surface area contributed by atoms with Crippen molar-refractivity contribution in [2.45, 2.75) is 44.1 Å². The molecule has 1 unspecified atom stereocenters. The highest BCUT2D eigenvalue weighted by Gasteiger charge is 2.33. The largest absolute Gasteiger partial charge is 0.313 e. The predicted molar refractivity (Wildman–Crippen MR) is 92.5 cm³/mol. The summed E-state index contributed by atoms with van der Waals surface area (Å²) in [6.07, 6.45) is 4.86. The highest BCUT2D eigenvalue weighted by molar-refractivity contribution is 7.16. The van der Waals surface area contributed by atoms with Crippen molar-refractivity contribution < 1.29 is 0 Å². The molecule has 0 saturated heterocycles. The zero-order valence-corrected chi connectivity index (χ0v) is 14.0. The normalized spacial score (nSPS) is 17.6. The SMILES string of the molecule is CCC(CNC1CC1)(Cc1ccc(Cl)s1)c1ccccc1. The summed E-state index contributed by atoms with van der Waals surface area (Å²) < 4.78 is 0.887. The number of hydrogen-bond acceptors (Lipinski definition) is 2. The van der Waals surface area contributed by atoms with Crippen molar-refractivity contribution >= 4 is 22.9 Å². The van der Waals surface area contributed by atoms with Crippen molar-refractivity contribution in [2.24, 2.45) is 0 Å². The van der Waals surface area contributed by atoms with Gasteiger partial charge in [-0.1, -0.05) is 48.9 Å². The molecule has 1 fully saturated rings. The molecule has 0 aliphatic heterocycles. The lowest BCUT2D eigenvalue weighted by Gasteiger charge is -2.34. The molecule has 0 spiro atoms. The third kappa shape index (κ3) is 3.68. The first-order chi connectivity index (χ1) is 10.2. The molecule has 3 heteroatoms. The maximum atomic E-state index is 6.12. The Kier molecular flexibility index (Phi) is 4.68. The summed E-state index contributed by atoms with van der Waals surface area (Å²) in [4.78, 5) is 1.38. The first kappa shape index (κ1) is 15.1. The number of thiophene rings is 1. The Hall–Kier alpha value is -0.830. The van der Waals surface area contributed by atoms with Crippen LogP contribution in [-0.2, 0) is 11.8 Å². The molecule has 1 N–H and O–H groups in total. The second-order valence-corrected chi connectivity index (χ2v) is 7.84. The maximum absolute atomic E-state index is 6.12. The fraction of sp³-hybridized carbons (Fsp3) is 0.444. The van der Waals surface area contributed by atoms with E-state index < -0.39 is 0 Å². The summed E-state index contributed by atoms with van der Waals surface area (Å²) in [5.41, 5.74) is 1.60. The minimum atomic E-state index is 0.165. The van der Waals surface area contributed by atoms with E-state index in [0.29, 0.717) is 0 Å². The first-order valence-corrected chi connectivity index (χ1v) is 8.94. The van der Waals surface area contributed by atoms with Crippen molar-refractivity contribution in [1.82, 2.24) is 5.32 Å². The van der Waals surface area contributed by atoms with Crippen molar-refractivity contribution in [3.05, 3.63) is 57.2 Å². The van der Waals surface area contributed by atoms with Gasteiger partial charge >= 0.3 is 0 Å². The average molecular weight is 320 g/mol. The predicted octanol–water partition coefficient (Wildman–Crippen LogP) is 5.04. The summed E-state index contributed by atoms with van der Waals surface area (Å²) in [5, 5.41) is 3.75. The van der Waals surface area contributed by atoms with Gasteiger partial charge in [0.05, 0.1) is 4.34 Å². The van der Waals surface area contributed by atoms with Crippen molar-refractivity contribution in [2.75, 3.05) is 6.54 Å². The van der Waals surface area contributed by atoms with Crippen LogP contribution in [0.3, 0.4) is 0 Å². The Balaban J connectivity index is 1.87. The average Bonchev–Trinajstić information content (AvgIpc) is 3.26. The monoisotopic (exact) mass is 319 g/mol. The third-order valence-corrected chi connectivity index (χ3v) is 5.74. The van der Waals surface area contributed by atoms with E-state index in [1.54, 1.807) is 11.3 Å². The summed E-state index contributed by atoms with van der Waals surface area (Å²) in [6.45, 7) is 3.35. The molecule has 3 rings (SSSR count). The molecule has 112 valence electrons. The molecule has 0 amide bonds. The lowest BCUT2D eigenvalue weighted by Crippen LogP contribution is -2.40. The van der Waals surface area contributed by atoms with Crippen LogP contribution in [0, 0.1) is 0 Å². The van der Waals surface area contributed by atoms with Crippen LogP contribution in [0.2, 0.25) is 4.34 Å².